The maximum absolute atomic E-state index is 12.5. The van der Waals surface area contributed by atoms with Gasteiger partial charge in [0.1, 0.15) is 6.04 Å². The third-order valence-electron chi connectivity index (χ3n) is 3.87. The number of hydrogen-bond acceptors (Lipinski definition) is 7. The number of hydrogen-bond donors (Lipinski definition) is 1. The van der Waals surface area contributed by atoms with Crippen molar-refractivity contribution in [3.05, 3.63) is 17.9 Å². The quantitative estimate of drug-likeness (QED) is 0.688. The van der Waals surface area contributed by atoms with Crippen LogP contribution in [0.5, 0.6) is 0 Å². The fraction of sp³-hybridized carbons (Fsp3) is 0.571. The maximum atomic E-state index is 12.5. The summed E-state index contributed by atoms with van der Waals surface area (Å²) in [4.78, 5) is 24.6. The van der Waals surface area contributed by atoms with Crippen molar-refractivity contribution in [3.63, 3.8) is 0 Å². The molecule has 2 rings (SSSR count). The molecular weight excluding hydrogens is 338 g/mol. The molecule has 1 saturated heterocycles. The van der Waals surface area contributed by atoms with E-state index < -0.39 is 22.0 Å². The lowest BCUT2D eigenvalue weighted by atomic mass is 10.2. The van der Waals surface area contributed by atoms with Crippen molar-refractivity contribution in [1.82, 2.24) is 9.21 Å². The number of amides is 1. The van der Waals surface area contributed by atoms with E-state index in [2.05, 4.69) is 0 Å². The molecule has 0 bridgehead atoms. The van der Waals surface area contributed by atoms with Crippen LogP contribution in [-0.2, 0) is 19.6 Å². The van der Waals surface area contributed by atoms with E-state index in [0.29, 0.717) is 19.7 Å². The van der Waals surface area contributed by atoms with Gasteiger partial charge in [-0.1, -0.05) is 0 Å². The number of nitrogens with two attached hydrogens (primary N) is 1. The van der Waals surface area contributed by atoms with E-state index >= 15 is 0 Å². The molecule has 0 aliphatic carbocycles. The van der Waals surface area contributed by atoms with Crippen molar-refractivity contribution in [2.24, 2.45) is 5.73 Å². The van der Waals surface area contributed by atoms with Crippen LogP contribution in [0, 0.1) is 0 Å². The van der Waals surface area contributed by atoms with Gasteiger partial charge in [0.2, 0.25) is 5.09 Å². The number of primary amides is 1. The van der Waals surface area contributed by atoms with E-state index in [0.717, 1.165) is 0 Å². The molecule has 9 nitrogen and oxygen atoms in total. The van der Waals surface area contributed by atoms with E-state index in [1.807, 2.05) is 4.90 Å². The molecule has 2 heterocycles. The molecule has 0 spiro atoms. The van der Waals surface area contributed by atoms with Gasteiger partial charge in [0.25, 0.3) is 15.9 Å². The molecule has 0 radical (unpaired) electrons. The Bertz CT molecular complexity index is 706. The van der Waals surface area contributed by atoms with E-state index in [1.165, 1.54) is 16.4 Å². The Balaban J connectivity index is 2.02. The Morgan fingerprint density at radius 2 is 1.92 bits per heavy atom. The summed E-state index contributed by atoms with van der Waals surface area (Å²) in [7, 11) is -3.84. The summed E-state index contributed by atoms with van der Waals surface area (Å²) < 4.78 is 36.3. The minimum Gasteiger partial charge on any atom is -0.465 e. The molecule has 0 saturated carbocycles. The molecule has 1 aliphatic heterocycles. The molecule has 1 aromatic heterocycles. The first-order valence-corrected chi connectivity index (χ1v) is 9.01. The molecular formula is C14H21N3O6S. The number of carbonyl (C=O) groups excluding carboxylic acids is 2. The Kier molecular flexibility index (Phi) is 5.62. The summed E-state index contributed by atoms with van der Waals surface area (Å²) in [5.74, 6) is -1.36. The van der Waals surface area contributed by atoms with Crippen molar-refractivity contribution in [3.8, 4) is 0 Å². The molecule has 1 amide bonds. The van der Waals surface area contributed by atoms with Crippen molar-refractivity contribution in [1.29, 1.82) is 0 Å². The predicted octanol–water partition coefficient (Wildman–Crippen LogP) is -0.364. The Hall–Kier alpha value is -1.91. The zero-order valence-corrected chi connectivity index (χ0v) is 14.4. The number of sulfonamides is 1. The van der Waals surface area contributed by atoms with Crippen LogP contribution in [-0.4, -0.2) is 68.3 Å². The number of esters is 1. The van der Waals surface area contributed by atoms with Crippen LogP contribution in [0.15, 0.2) is 21.6 Å². The summed E-state index contributed by atoms with van der Waals surface area (Å²) in [6, 6.07) is 2.01. The third-order valence-corrected chi connectivity index (χ3v) is 5.64. The number of carbonyl (C=O) groups is 2. The minimum absolute atomic E-state index is 0.205. The molecule has 1 aliphatic rings. The lowest BCUT2D eigenvalue weighted by Gasteiger charge is -2.35. The normalized spacial score (nSPS) is 18.2. The molecule has 2 N–H and O–H groups in total. The fourth-order valence-corrected chi connectivity index (χ4v) is 3.80. The van der Waals surface area contributed by atoms with Gasteiger partial charge in [-0.25, -0.2) is 8.42 Å². The summed E-state index contributed by atoms with van der Waals surface area (Å²) in [5.41, 5.74) is 5.06. The number of ether oxygens (including phenoxy) is 1. The van der Waals surface area contributed by atoms with Gasteiger partial charge in [-0.15, -0.1) is 0 Å². The van der Waals surface area contributed by atoms with E-state index in [4.69, 9.17) is 14.9 Å². The largest absolute Gasteiger partial charge is 0.465 e. The van der Waals surface area contributed by atoms with E-state index in [9.17, 15) is 18.0 Å². The van der Waals surface area contributed by atoms with Gasteiger partial charge in [-0.2, -0.15) is 4.31 Å². The number of nitrogens with zero attached hydrogens (tertiary/aromatic N) is 2. The van der Waals surface area contributed by atoms with Crippen molar-refractivity contribution < 1.29 is 27.2 Å². The SMILES string of the molecule is CCOC(=O)[C@H](C)N1CCN(S(=O)(=O)c2ccc(C(N)=O)o2)CC1. The summed E-state index contributed by atoms with van der Waals surface area (Å²) in [5, 5.41) is -0.316. The van der Waals surface area contributed by atoms with E-state index in [-0.39, 0.29) is 29.9 Å². The van der Waals surface area contributed by atoms with Crippen LogP contribution in [0.3, 0.4) is 0 Å². The van der Waals surface area contributed by atoms with Crippen LogP contribution in [0.2, 0.25) is 0 Å². The highest BCUT2D eigenvalue weighted by Crippen LogP contribution is 2.20. The molecule has 1 aromatic rings. The second-order valence-corrected chi connectivity index (χ2v) is 7.22. The molecule has 0 unspecified atom stereocenters. The van der Waals surface area contributed by atoms with Crippen molar-refractivity contribution in [2.75, 3.05) is 32.8 Å². The van der Waals surface area contributed by atoms with Gasteiger partial charge >= 0.3 is 5.97 Å². The Labute approximate surface area is 140 Å². The number of piperazine rings is 1. The number of rotatable bonds is 6. The minimum atomic E-state index is -3.84. The van der Waals surface area contributed by atoms with Gasteiger partial charge in [0, 0.05) is 26.2 Å². The van der Waals surface area contributed by atoms with Gasteiger partial charge in [-0.05, 0) is 26.0 Å². The van der Waals surface area contributed by atoms with Gasteiger partial charge in [0.05, 0.1) is 6.61 Å². The fourth-order valence-electron chi connectivity index (χ4n) is 2.46. The smallest absolute Gasteiger partial charge is 0.323 e. The molecule has 134 valence electrons. The first-order valence-electron chi connectivity index (χ1n) is 7.57. The highest BCUT2D eigenvalue weighted by molar-refractivity contribution is 7.89. The average Bonchev–Trinajstić information content (AvgIpc) is 3.05. The lowest BCUT2D eigenvalue weighted by Crippen LogP contribution is -2.53. The standard InChI is InChI=1S/C14H21N3O6S/c1-3-22-14(19)10(2)16-6-8-17(9-7-16)24(20,21)12-5-4-11(23-12)13(15)18/h4-5,10H,3,6-9H2,1-2H3,(H2,15,18)/t10-/m0/s1. The first-order chi connectivity index (χ1) is 11.3. The second-order valence-electron chi connectivity index (χ2n) is 5.35. The summed E-state index contributed by atoms with van der Waals surface area (Å²) in [6.07, 6.45) is 0. The van der Waals surface area contributed by atoms with Crippen molar-refractivity contribution >= 4 is 21.9 Å². The second kappa shape index (κ2) is 7.32. The third kappa shape index (κ3) is 3.77. The van der Waals surface area contributed by atoms with Crippen LogP contribution in [0.25, 0.3) is 0 Å². The van der Waals surface area contributed by atoms with Crippen LogP contribution in [0.1, 0.15) is 24.4 Å². The Morgan fingerprint density at radius 3 is 2.42 bits per heavy atom. The topological polar surface area (TPSA) is 123 Å². The zero-order chi connectivity index (χ0) is 17.9. The van der Waals surface area contributed by atoms with Crippen LogP contribution >= 0.6 is 0 Å². The van der Waals surface area contributed by atoms with E-state index in [1.54, 1.807) is 13.8 Å². The zero-order valence-electron chi connectivity index (χ0n) is 13.6. The highest BCUT2D eigenvalue weighted by Gasteiger charge is 2.34. The molecule has 24 heavy (non-hydrogen) atoms. The Morgan fingerprint density at radius 1 is 1.29 bits per heavy atom. The maximum Gasteiger partial charge on any atom is 0.323 e. The lowest BCUT2D eigenvalue weighted by molar-refractivity contribution is -0.149. The van der Waals surface area contributed by atoms with Gasteiger partial charge in [0.15, 0.2) is 5.76 Å². The number of furan rings is 1. The van der Waals surface area contributed by atoms with Gasteiger partial charge in [-0.3, -0.25) is 14.5 Å². The first kappa shape index (κ1) is 18.4. The summed E-state index contributed by atoms with van der Waals surface area (Å²) in [6.45, 7) is 4.97. The van der Waals surface area contributed by atoms with Gasteiger partial charge < -0.3 is 14.9 Å². The van der Waals surface area contributed by atoms with Crippen LogP contribution < -0.4 is 5.73 Å². The van der Waals surface area contributed by atoms with Crippen molar-refractivity contribution in [2.45, 2.75) is 25.0 Å². The van der Waals surface area contributed by atoms with Crippen LogP contribution in [0.4, 0.5) is 0 Å². The molecule has 1 atom stereocenters. The molecule has 0 aromatic carbocycles. The average molecular weight is 359 g/mol. The monoisotopic (exact) mass is 359 g/mol. The predicted molar refractivity (Wildman–Crippen MR) is 83.7 cm³/mol. The molecule has 10 heteroatoms. The summed E-state index contributed by atoms with van der Waals surface area (Å²) >= 11 is 0. The molecule has 1 fully saturated rings. The highest BCUT2D eigenvalue weighted by atomic mass is 32.2.